The fourth-order valence-corrected chi connectivity index (χ4v) is 4.23. The van der Waals surface area contributed by atoms with E-state index < -0.39 is 0 Å². The molecule has 0 saturated carbocycles. The molecule has 2 aliphatic rings. The van der Waals surface area contributed by atoms with E-state index in [1.165, 1.54) is 0 Å². The summed E-state index contributed by atoms with van der Waals surface area (Å²) in [6.07, 6.45) is 2.12. The number of amides is 2. The third-order valence-corrected chi connectivity index (χ3v) is 5.65. The predicted molar refractivity (Wildman–Crippen MR) is 109 cm³/mol. The summed E-state index contributed by atoms with van der Waals surface area (Å²) in [5.74, 6) is 1.45. The Morgan fingerprint density at radius 3 is 2.90 bits per heavy atom. The molecule has 1 saturated heterocycles. The molecule has 0 aliphatic carbocycles. The summed E-state index contributed by atoms with van der Waals surface area (Å²) in [5, 5.41) is 0. The van der Waals surface area contributed by atoms with Crippen molar-refractivity contribution in [2.24, 2.45) is 0 Å². The van der Waals surface area contributed by atoms with E-state index in [9.17, 15) is 9.59 Å². The second-order valence-corrected chi connectivity index (χ2v) is 7.44. The lowest BCUT2D eigenvalue weighted by Gasteiger charge is -2.30. The van der Waals surface area contributed by atoms with Gasteiger partial charge in [0.15, 0.2) is 6.61 Å². The maximum Gasteiger partial charge on any atom is 0.265 e. The van der Waals surface area contributed by atoms with Crippen molar-refractivity contribution in [2.45, 2.75) is 25.3 Å². The van der Waals surface area contributed by atoms with Crippen LogP contribution >= 0.6 is 0 Å². The van der Waals surface area contributed by atoms with Gasteiger partial charge in [-0.05, 0) is 37.1 Å². The number of anilines is 1. The second-order valence-electron chi connectivity index (χ2n) is 7.44. The zero-order valence-electron chi connectivity index (χ0n) is 16.0. The van der Waals surface area contributed by atoms with Crippen molar-refractivity contribution >= 4 is 28.5 Å². The molecule has 2 aromatic carbocycles. The average molecular weight is 390 g/mol. The van der Waals surface area contributed by atoms with Crippen molar-refractivity contribution < 1.29 is 14.3 Å². The van der Waals surface area contributed by atoms with Gasteiger partial charge in [0.1, 0.15) is 11.6 Å². The Morgan fingerprint density at radius 1 is 1.17 bits per heavy atom. The summed E-state index contributed by atoms with van der Waals surface area (Å²) in [6.45, 7) is 1.08. The highest BCUT2D eigenvalue weighted by Gasteiger charge is 2.33. The zero-order valence-corrected chi connectivity index (χ0v) is 16.0. The molecule has 5 rings (SSSR count). The van der Waals surface area contributed by atoms with E-state index >= 15 is 0 Å². The highest BCUT2D eigenvalue weighted by Crippen LogP contribution is 2.34. The highest BCUT2D eigenvalue weighted by atomic mass is 16.5. The number of benzene rings is 2. The fourth-order valence-electron chi connectivity index (χ4n) is 4.23. The van der Waals surface area contributed by atoms with E-state index in [-0.39, 0.29) is 30.9 Å². The summed E-state index contributed by atoms with van der Waals surface area (Å²) < 4.78 is 5.48. The maximum atomic E-state index is 13.0. The van der Waals surface area contributed by atoms with Crippen molar-refractivity contribution in [1.82, 2.24) is 14.9 Å². The van der Waals surface area contributed by atoms with Crippen LogP contribution in [0.1, 0.15) is 31.1 Å². The molecule has 3 aromatic rings. The molecule has 2 amide bonds. The number of aromatic nitrogens is 2. The van der Waals surface area contributed by atoms with Gasteiger partial charge in [0.05, 0.1) is 22.8 Å². The molecule has 1 fully saturated rings. The van der Waals surface area contributed by atoms with Crippen LogP contribution in [-0.2, 0) is 9.59 Å². The number of likely N-dealkylation sites (tertiary alicyclic amines) is 1. The molecule has 0 radical (unpaired) electrons. The number of imidazole rings is 1. The number of aromatic amines is 1. The molecule has 1 aromatic heterocycles. The van der Waals surface area contributed by atoms with Gasteiger partial charge in [-0.1, -0.05) is 24.3 Å². The van der Waals surface area contributed by atoms with Crippen LogP contribution in [0.5, 0.6) is 5.75 Å². The average Bonchev–Trinajstić information content (AvgIpc) is 3.39. The quantitative estimate of drug-likeness (QED) is 0.743. The Labute approximate surface area is 168 Å². The number of para-hydroxylation sites is 4. The van der Waals surface area contributed by atoms with E-state index in [2.05, 4.69) is 9.97 Å². The van der Waals surface area contributed by atoms with E-state index in [1.807, 2.05) is 53.4 Å². The van der Waals surface area contributed by atoms with Gasteiger partial charge < -0.3 is 19.5 Å². The number of nitrogens with zero attached hydrogens (tertiary/aromatic N) is 3. The van der Waals surface area contributed by atoms with Crippen LogP contribution in [0.15, 0.2) is 48.5 Å². The minimum absolute atomic E-state index is 0.0104. The van der Waals surface area contributed by atoms with Crippen molar-refractivity contribution in [3.05, 3.63) is 54.4 Å². The number of H-pyrrole nitrogens is 1. The third kappa shape index (κ3) is 3.22. The first-order chi connectivity index (χ1) is 14.2. The van der Waals surface area contributed by atoms with Crippen LogP contribution in [0, 0.1) is 0 Å². The number of fused-ring (bicyclic) bond motifs is 2. The van der Waals surface area contributed by atoms with Crippen molar-refractivity contribution in [3.63, 3.8) is 0 Å². The third-order valence-electron chi connectivity index (χ3n) is 5.65. The van der Waals surface area contributed by atoms with E-state index in [0.29, 0.717) is 18.8 Å². The normalized spacial score (nSPS) is 18.8. The minimum Gasteiger partial charge on any atom is -0.482 e. The van der Waals surface area contributed by atoms with Crippen LogP contribution in [0.4, 0.5) is 5.69 Å². The lowest BCUT2D eigenvalue weighted by atomic mass is 10.2. The first-order valence-electron chi connectivity index (χ1n) is 9.97. The Balaban J connectivity index is 1.31. The van der Waals surface area contributed by atoms with Crippen LogP contribution in [0.25, 0.3) is 11.0 Å². The van der Waals surface area contributed by atoms with Gasteiger partial charge in [0, 0.05) is 19.5 Å². The minimum atomic E-state index is -0.119. The molecule has 7 nitrogen and oxygen atoms in total. The van der Waals surface area contributed by atoms with E-state index in [1.54, 1.807) is 4.90 Å². The Morgan fingerprint density at radius 2 is 2.00 bits per heavy atom. The monoisotopic (exact) mass is 390 g/mol. The molecule has 0 bridgehead atoms. The lowest BCUT2D eigenvalue weighted by Crippen LogP contribution is -2.41. The highest BCUT2D eigenvalue weighted by molar-refractivity contribution is 5.98. The molecule has 3 heterocycles. The molecule has 0 spiro atoms. The van der Waals surface area contributed by atoms with Crippen LogP contribution in [0.2, 0.25) is 0 Å². The van der Waals surface area contributed by atoms with Gasteiger partial charge >= 0.3 is 0 Å². The summed E-state index contributed by atoms with van der Waals surface area (Å²) >= 11 is 0. The predicted octanol–water partition coefficient (Wildman–Crippen LogP) is 3.04. The molecule has 148 valence electrons. The first kappa shape index (κ1) is 17.7. The zero-order chi connectivity index (χ0) is 19.8. The van der Waals surface area contributed by atoms with Gasteiger partial charge in [-0.2, -0.15) is 0 Å². The molecule has 1 N–H and O–H groups in total. The summed E-state index contributed by atoms with van der Waals surface area (Å²) in [6, 6.07) is 15.3. The van der Waals surface area contributed by atoms with Gasteiger partial charge in [-0.25, -0.2) is 4.98 Å². The Kier molecular flexibility index (Phi) is 4.42. The molecule has 2 aliphatic heterocycles. The topological polar surface area (TPSA) is 78.5 Å². The molecule has 0 unspecified atom stereocenters. The first-order valence-corrected chi connectivity index (χ1v) is 9.97. The molecule has 7 heteroatoms. The molecule has 29 heavy (non-hydrogen) atoms. The van der Waals surface area contributed by atoms with Crippen LogP contribution in [0.3, 0.4) is 0 Å². The van der Waals surface area contributed by atoms with Gasteiger partial charge in [0.2, 0.25) is 5.91 Å². The number of carbonyl (C=O) groups excluding carboxylic acids is 2. The standard InChI is InChI=1S/C22H22N4O3/c27-20(11-13-26-17-8-3-4-10-19(17)29-14-21(26)28)25-12-5-9-18(25)22-23-15-6-1-2-7-16(15)24-22/h1-4,6-8,10,18H,5,9,11-14H2,(H,23,24)/t18-/m1/s1. The van der Waals surface area contributed by atoms with Gasteiger partial charge in [-0.3, -0.25) is 9.59 Å². The SMILES string of the molecule is O=C1COc2ccccc2N1CCC(=O)N1CCC[C@@H]1c1nc2ccccc2[nH]1. The number of rotatable bonds is 4. The number of nitrogens with one attached hydrogen (secondary N) is 1. The Hall–Kier alpha value is -3.35. The van der Waals surface area contributed by atoms with Crippen molar-refractivity contribution in [3.8, 4) is 5.75 Å². The maximum absolute atomic E-state index is 13.0. The van der Waals surface area contributed by atoms with Gasteiger partial charge in [-0.15, -0.1) is 0 Å². The molecular weight excluding hydrogens is 368 g/mol. The summed E-state index contributed by atoms with van der Waals surface area (Å²) in [4.78, 5) is 37.0. The fraction of sp³-hybridized carbons (Fsp3) is 0.318. The second kappa shape index (κ2) is 7.24. The smallest absolute Gasteiger partial charge is 0.265 e. The van der Waals surface area contributed by atoms with Gasteiger partial charge in [0.25, 0.3) is 5.91 Å². The number of hydrogen-bond donors (Lipinski definition) is 1. The summed E-state index contributed by atoms with van der Waals surface area (Å²) in [5.41, 5.74) is 2.63. The van der Waals surface area contributed by atoms with Crippen LogP contribution < -0.4 is 9.64 Å². The Bertz CT molecular complexity index is 1040. The number of ether oxygens (including phenoxy) is 1. The molecular formula is C22H22N4O3. The van der Waals surface area contributed by atoms with Crippen LogP contribution in [-0.4, -0.2) is 46.4 Å². The van der Waals surface area contributed by atoms with E-state index in [0.717, 1.165) is 35.4 Å². The largest absolute Gasteiger partial charge is 0.482 e. The summed E-state index contributed by atoms with van der Waals surface area (Å²) in [7, 11) is 0. The molecule has 1 atom stereocenters. The van der Waals surface area contributed by atoms with Crippen molar-refractivity contribution in [1.29, 1.82) is 0 Å². The van der Waals surface area contributed by atoms with E-state index in [4.69, 9.17) is 4.74 Å². The van der Waals surface area contributed by atoms with Crippen molar-refractivity contribution in [2.75, 3.05) is 24.6 Å². The number of carbonyl (C=O) groups is 2. The lowest BCUT2D eigenvalue weighted by molar-refractivity contribution is -0.132. The number of hydrogen-bond acceptors (Lipinski definition) is 4.